The fraction of sp³-hybridized carbons (Fsp3) is 0.400. The standard InChI is InChI=1S/C15H19NO3/c1-12(2)11-19-15(18)16-10-14-6-3-5-13(9-14)7-4-8-17/h3,5-6,9,12,17H,8,10-11H2,1-2H3,(H,16,18). The van der Waals surface area contributed by atoms with Crippen LogP contribution in [-0.4, -0.2) is 24.4 Å². The predicted octanol–water partition coefficient (Wildman–Crippen LogP) is 1.91. The van der Waals surface area contributed by atoms with Gasteiger partial charge in [0.15, 0.2) is 0 Å². The average Bonchev–Trinajstić information content (AvgIpc) is 2.41. The van der Waals surface area contributed by atoms with Crippen molar-refractivity contribution in [3.63, 3.8) is 0 Å². The number of alkyl carbamates (subject to hydrolysis) is 1. The van der Waals surface area contributed by atoms with Gasteiger partial charge in [0.25, 0.3) is 0 Å². The third-order valence-electron chi connectivity index (χ3n) is 2.22. The van der Waals surface area contributed by atoms with E-state index in [0.717, 1.165) is 11.1 Å². The van der Waals surface area contributed by atoms with E-state index in [-0.39, 0.29) is 6.61 Å². The molecule has 0 aliphatic heterocycles. The van der Waals surface area contributed by atoms with E-state index in [4.69, 9.17) is 9.84 Å². The molecule has 1 aromatic carbocycles. The van der Waals surface area contributed by atoms with Crippen LogP contribution in [-0.2, 0) is 11.3 Å². The molecule has 0 aliphatic carbocycles. The first-order valence-electron chi connectivity index (χ1n) is 6.21. The van der Waals surface area contributed by atoms with Gasteiger partial charge in [-0.2, -0.15) is 0 Å². The lowest BCUT2D eigenvalue weighted by molar-refractivity contribution is 0.132. The van der Waals surface area contributed by atoms with E-state index in [2.05, 4.69) is 17.2 Å². The zero-order valence-electron chi connectivity index (χ0n) is 11.3. The largest absolute Gasteiger partial charge is 0.449 e. The summed E-state index contributed by atoms with van der Waals surface area (Å²) in [6.45, 7) is 4.61. The van der Waals surface area contributed by atoms with Crippen molar-refractivity contribution in [3.8, 4) is 11.8 Å². The molecule has 0 radical (unpaired) electrons. The highest BCUT2D eigenvalue weighted by Gasteiger charge is 2.03. The highest BCUT2D eigenvalue weighted by Crippen LogP contribution is 2.04. The number of aliphatic hydroxyl groups excluding tert-OH is 1. The Balaban J connectivity index is 2.47. The summed E-state index contributed by atoms with van der Waals surface area (Å²) in [7, 11) is 0. The van der Waals surface area contributed by atoms with Crippen molar-refractivity contribution < 1.29 is 14.6 Å². The topological polar surface area (TPSA) is 58.6 Å². The lowest BCUT2D eigenvalue weighted by Crippen LogP contribution is -2.25. The quantitative estimate of drug-likeness (QED) is 0.814. The van der Waals surface area contributed by atoms with E-state index in [1.807, 2.05) is 38.1 Å². The van der Waals surface area contributed by atoms with E-state index in [0.29, 0.717) is 19.1 Å². The fourth-order valence-corrected chi connectivity index (χ4v) is 1.37. The first-order valence-corrected chi connectivity index (χ1v) is 6.21. The normalized spacial score (nSPS) is 9.68. The van der Waals surface area contributed by atoms with E-state index < -0.39 is 6.09 Å². The fourth-order valence-electron chi connectivity index (χ4n) is 1.37. The van der Waals surface area contributed by atoms with Crippen LogP contribution in [0.2, 0.25) is 0 Å². The Morgan fingerprint density at radius 1 is 1.47 bits per heavy atom. The summed E-state index contributed by atoms with van der Waals surface area (Å²) in [5.41, 5.74) is 1.75. The number of benzene rings is 1. The molecule has 0 atom stereocenters. The monoisotopic (exact) mass is 261 g/mol. The highest BCUT2D eigenvalue weighted by atomic mass is 16.5. The van der Waals surface area contributed by atoms with Crippen molar-refractivity contribution in [1.82, 2.24) is 5.32 Å². The van der Waals surface area contributed by atoms with Crippen LogP contribution >= 0.6 is 0 Å². The molecule has 0 unspecified atom stereocenters. The van der Waals surface area contributed by atoms with Gasteiger partial charge in [-0.05, 0) is 23.6 Å². The van der Waals surface area contributed by atoms with Gasteiger partial charge in [0.05, 0.1) is 6.61 Å². The summed E-state index contributed by atoms with van der Waals surface area (Å²) in [6, 6.07) is 7.47. The maximum atomic E-state index is 11.4. The van der Waals surface area contributed by atoms with Gasteiger partial charge in [-0.15, -0.1) is 0 Å². The molecule has 0 aromatic heterocycles. The first-order chi connectivity index (χ1) is 9.11. The number of carbonyl (C=O) groups excluding carboxylic acids is 1. The molecule has 0 saturated carbocycles. The van der Waals surface area contributed by atoms with Crippen molar-refractivity contribution in [2.75, 3.05) is 13.2 Å². The van der Waals surface area contributed by atoms with Crippen LogP contribution in [0.5, 0.6) is 0 Å². The second-order valence-electron chi connectivity index (χ2n) is 4.51. The van der Waals surface area contributed by atoms with Crippen LogP contribution in [0.25, 0.3) is 0 Å². The summed E-state index contributed by atoms with van der Waals surface area (Å²) in [5, 5.41) is 11.3. The number of amides is 1. The second kappa shape index (κ2) is 8.17. The SMILES string of the molecule is CC(C)COC(=O)NCc1cccc(C#CCO)c1. The second-order valence-corrected chi connectivity index (χ2v) is 4.51. The van der Waals surface area contributed by atoms with Crippen molar-refractivity contribution >= 4 is 6.09 Å². The smallest absolute Gasteiger partial charge is 0.407 e. The van der Waals surface area contributed by atoms with Crippen LogP contribution in [0.4, 0.5) is 4.79 Å². The average molecular weight is 261 g/mol. The first kappa shape index (κ1) is 15.1. The summed E-state index contributed by atoms with van der Waals surface area (Å²) in [6.07, 6.45) is -0.416. The van der Waals surface area contributed by atoms with Crippen LogP contribution in [0.15, 0.2) is 24.3 Å². The third-order valence-corrected chi connectivity index (χ3v) is 2.22. The molecule has 0 bridgehead atoms. The minimum Gasteiger partial charge on any atom is -0.449 e. The number of hydrogen-bond acceptors (Lipinski definition) is 3. The van der Waals surface area contributed by atoms with E-state index >= 15 is 0 Å². The van der Waals surface area contributed by atoms with Crippen molar-refractivity contribution in [2.45, 2.75) is 20.4 Å². The summed E-state index contributed by atoms with van der Waals surface area (Å²) < 4.78 is 5.01. The predicted molar refractivity (Wildman–Crippen MR) is 73.4 cm³/mol. The molecule has 19 heavy (non-hydrogen) atoms. The Labute approximate surface area is 113 Å². The highest BCUT2D eigenvalue weighted by molar-refractivity contribution is 5.67. The van der Waals surface area contributed by atoms with Gasteiger partial charge in [0.1, 0.15) is 6.61 Å². The van der Waals surface area contributed by atoms with Crippen molar-refractivity contribution in [3.05, 3.63) is 35.4 Å². The zero-order chi connectivity index (χ0) is 14.1. The molecular weight excluding hydrogens is 242 g/mol. The maximum absolute atomic E-state index is 11.4. The van der Waals surface area contributed by atoms with Gasteiger partial charge in [-0.1, -0.05) is 37.8 Å². The van der Waals surface area contributed by atoms with Gasteiger partial charge in [-0.25, -0.2) is 4.79 Å². The van der Waals surface area contributed by atoms with Gasteiger partial charge in [0, 0.05) is 12.1 Å². The molecule has 4 heteroatoms. The van der Waals surface area contributed by atoms with Gasteiger partial charge in [-0.3, -0.25) is 0 Å². The molecule has 0 heterocycles. The summed E-state index contributed by atoms with van der Waals surface area (Å²) >= 11 is 0. The minimum atomic E-state index is -0.416. The molecule has 0 fully saturated rings. The lowest BCUT2D eigenvalue weighted by atomic mass is 10.1. The number of hydrogen-bond donors (Lipinski definition) is 2. The molecule has 4 nitrogen and oxygen atoms in total. The van der Waals surface area contributed by atoms with Crippen LogP contribution in [0, 0.1) is 17.8 Å². The molecule has 2 N–H and O–H groups in total. The Bertz CT molecular complexity index is 472. The zero-order valence-corrected chi connectivity index (χ0v) is 11.3. The number of ether oxygens (including phenoxy) is 1. The molecule has 1 amide bonds. The number of carbonyl (C=O) groups is 1. The maximum Gasteiger partial charge on any atom is 0.407 e. The molecule has 0 aliphatic rings. The summed E-state index contributed by atoms with van der Waals surface area (Å²) in [4.78, 5) is 11.4. The number of aliphatic hydroxyl groups is 1. The van der Waals surface area contributed by atoms with E-state index in [1.165, 1.54) is 0 Å². The lowest BCUT2D eigenvalue weighted by Gasteiger charge is -2.08. The molecule has 0 spiro atoms. The molecule has 0 saturated heterocycles. The van der Waals surface area contributed by atoms with Crippen molar-refractivity contribution in [1.29, 1.82) is 0 Å². The van der Waals surface area contributed by atoms with Crippen LogP contribution in [0.3, 0.4) is 0 Å². The summed E-state index contributed by atoms with van der Waals surface area (Å²) in [5.74, 6) is 5.72. The molecule has 1 rings (SSSR count). The third kappa shape index (κ3) is 6.49. The number of nitrogens with one attached hydrogen (secondary N) is 1. The molecular formula is C15H19NO3. The van der Waals surface area contributed by atoms with Crippen molar-refractivity contribution in [2.24, 2.45) is 5.92 Å². The number of rotatable bonds is 4. The van der Waals surface area contributed by atoms with E-state index in [9.17, 15) is 4.79 Å². The Morgan fingerprint density at radius 3 is 2.95 bits per heavy atom. The Hall–Kier alpha value is -1.99. The van der Waals surface area contributed by atoms with Crippen LogP contribution < -0.4 is 5.32 Å². The van der Waals surface area contributed by atoms with E-state index in [1.54, 1.807) is 0 Å². The van der Waals surface area contributed by atoms with Gasteiger partial charge in [0.2, 0.25) is 0 Å². The Morgan fingerprint density at radius 2 is 2.26 bits per heavy atom. The minimum absolute atomic E-state index is 0.163. The molecule has 1 aromatic rings. The Kier molecular flexibility index (Phi) is 6.48. The van der Waals surface area contributed by atoms with Gasteiger partial charge < -0.3 is 15.2 Å². The van der Waals surface area contributed by atoms with Gasteiger partial charge >= 0.3 is 6.09 Å². The molecule has 102 valence electrons. The van der Waals surface area contributed by atoms with Crippen LogP contribution in [0.1, 0.15) is 25.0 Å².